The Morgan fingerprint density at radius 3 is 2.80 bits per heavy atom. The average molecular weight is 273 g/mol. The molecule has 0 aliphatic heterocycles. The van der Waals surface area contributed by atoms with Crippen LogP contribution in [-0.2, 0) is 4.79 Å². The molecule has 0 radical (unpaired) electrons. The van der Waals surface area contributed by atoms with Crippen LogP contribution in [0.3, 0.4) is 0 Å². The summed E-state index contributed by atoms with van der Waals surface area (Å²) < 4.78 is 5.49. The number of fused-ring (bicyclic) bond motifs is 1. The summed E-state index contributed by atoms with van der Waals surface area (Å²) in [5, 5.41) is 12.5. The maximum absolute atomic E-state index is 11.8. The molecule has 0 fully saturated rings. The number of aromatic nitrogens is 2. The molecule has 5 heteroatoms. The molecule has 1 N–H and O–H groups in total. The second-order valence-electron chi connectivity index (χ2n) is 4.61. The normalized spacial score (nSPS) is 10.8. The quantitative estimate of drug-likeness (QED) is 0.877. The largest absolute Gasteiger partial charge is 0.466 e. The monoisotopic (exact) mass is 273 g/mol. The van der Waals surface area contributed by atoms with E-state index < -0.39 is 0 Å². The van der Waals surface area contributed by atoms with Gasteiger partial charge in [-0.05, 0) is 18.9 Å². The molecule has 2 aromatic rings. The highest BCUT2D eigenvalue weighted by Crippen LogP contribution is 2.20. The molecule has 0 atom stereocenters. The molecule has 5 nitrogen and oxygen atoms in total. The third-order valence-corrected chi connectivity index (χ3v) is 3.23. The maximum Gasteiger partial charge on any atom is 0.258 e. The van der Waals surface area contributed by atoms with Crippen molar-refractivity contribution in [1.82, 2.24) is 15.5 Å². The summed E-state index contributed by atoms with van der Waals surface area (Å²) in [6.07, 6.45) is 3.50. The molecular weight excluding hydrogens is 254 g/mol. The van der Waals surface area contributed by atoms with E-state index in [1.807, 2.05) is 38.1 Å². The predicted molar refractivity (Wildman–Crippen MR) is 77.5 cm³/mol. The molecular formula is C15H19N3O2. The number of nitrogens with zero attached hydrogens (tertiary/aromatic N) is 2. The molecule has 0 saturated carbocycles. The highest BCUT2D eigenvalue weighted by Gasteiger charge is 2.10. The van der Waals surface area contributed by atoms with Gasteiger partial charge in [0.15, 0.2) is 6.61 Å². The zero-order valence-corrected chi connectivity index (χ0v) is 11.8. The van der Waals surface area contributed by atoms with Gasteiger partial charge < -0.3 is 10.1 Å². The van der Waals surface area contributed by atoms with Gasteiger partial charge in [0.25, 0.3) is 5.91 Å². The Morgan fingerprint density at radius 2 is 2.05 bits per heavy atom. The number of ether oxygens (including phenoxy) is 1. The number of hydrogen-bond donors (Lipinski definition) is 1. The first-order chi connectivity index (χ1) is 9.74. The highest BCUT2D eigenvalue weighted by molar-refractivity contribution is 5.86. The van der Waals surface area contributed by atoms with Crippen LogP contribution in [0.1, 0.15) is 26.7 Å². The van der Waals surface area contributed by atoms with Gasteiger partial charge >= 0.3 is 0 Å². The lowest BCUT2D eigenvalue weighted by Crippen LogP contribution is -2.37. The lowest BCUT2D eigenvalue weighted by molar-refractivity contribution is -0.123. The summed E-state index contributed by atoms with van der Waals surface area (Å²) in [4.78, 5) is 11.8. The van der Waals surface area contributed by atoms with Crippen LogP contribution in [0.4, 0.5) is 0 Å². The zero-order valence-electron chi connectivity index (χ0n) is 11.8. The topological polar surface area (TPSA) is 64.1 Å². The average Bonchev–Trinajstić information content (AvgIpc) is 2.50. The first-order valence-corrected chi connectivity index (χ1v) is 6.87. The lowest BCUT2D eigenvalue weighted by Gasteiger charge is -2.14. The molecule has 2 rings (SSSR count). The van der Waals surface area contributed by atoms with E-state index in [4.69, 9.17) is 4.74 Å². The van der Waals surface area contributed by atoms with Crippen molar-refractivity contribution in [3.8, 4) is 5.88 Å². The van der Waals surface area contributed by atoms with E-state index in [-0.39, 0.29) is 18.6 Å². The van der Waals surface area contributed by atoms with Crippen molar-refractivity contribution < 1.29 is 9.53 Å². The minimum Gasteiger partial charge on any atom is -0.466 e. The van der Waals surface area contributed by atoms with Gasteiger partial charge in [-0.3, -0.25) is 4.79 Å². The van der Waals surface area contributed by atoms with E-state index in [1.54, 1.807) is 6.20 Å². The van der Waals surface area contributed by atoms with Crippen molar-refractivity contribution in [1.29, 1.82) is 0 Å². The van der Waals surface area contributed by atoms with Gasteiger partial charge in [-0.15, -0.1) is 5.10 Å². The fourth-order valence-electron chi connectivity index (χ4n) is 2.00. The van der Waals surface area contributed by atoms with Crippen molar-refractivity contribution in [2.75, 3.05) is 6.61 Å². The molecule has 106 valence electrons. The number of amides is 1. The first kappa shape index (κ1) is 14.2. The van der Waals surface area contributed by atoms with Crippen molar-refractivity contribution in [2.45, 2.75) is 32.7 Å². The lowest BCUT2D eigenvalue weighted by atomic mass is 10.2. The second kappa shape index (κ2) is 6.84. The van der Waals surface area contributed by atoms with Crippen LogP contribution in [0.15, 0.2) is 30.5 Å². The number of benzene rings is 1. The Balaban J connectivity index is 2.01. The Labute approximate surface area is 118 Å². The van der Waals surface area contributed by atoms with E-state index in [2.05, 4.69) is 15.5 Å². The third kappa shape index (κ3) is 3.44. The number of nitrogens with one attached hydrogen (secondary N) is 1. The Bertz CT molecular complexity index is 577. The maximum atomic E-state index is 11.8. The summed E-state index contributed by atoms with van der Waals surface area (Å²) >= 11 is 0. The van der Waals surface area contributed by atoms with Crippen molar-refractivity contribution >= 4 is 16.7 Å². The third-order valence-electron chi connectivity index (χ3n) is 3.23. The minimum atomic E-state index is -0.131. The van der Waals surface area contributed by atoms with Crippen molar-refractivity contribution in [3.05, 3.63) is 30.5 Å². The zero-order chi connectivity index (χ0) is 14.4. The van der Waals surface area contributed by atoms with Crippen LogP contribution >= 0.6 is 0 Å². The molecule has 0 saturated heterocycles. The Hall–Kier alpha value is -2.17. The van der Waals surface area contributed by atoms with Crippen molar-refractivity contribution in [2.24, 2.45) is 0 Å². The van der Waals surface area contributed by atoms with Gasteiger partial charge in [-0.2, -0.15) is 5.10 Å². The fourth-order valence-corrected chi connectivity index (χ4v) is 2.00. The SMILES string of the molecule is CCC(CC)NC(=O)COc1nncc2ccccc12. The van der Waals surface area contributed by atoms with E-state index in [9.17, 15) is 4.79 Å². The minimum absolute atomic E-state index is 0.0425. The van der Waals surface area contributed by atoms with Crippen LogP contribution < -0.4 is 10.1 Å². The van der Waals surface area contributed by atoms with E-state index in [1.165, 1.54) is 0 Å². The van der Waals surface area contributed by atoms with E-state index in [0.717, 1.165) is 23.6 Å². The number of carbonyl (C=O) groups excluding carboxylic acids is 1. The van der Waals surface area contributed by atoms with Gasteiger partial charge in [-0.1, -0.05) is 32.0 Å². The van der Waals surface area contributed by atoms with Gasteiger partial charge in [0.05, 0.1) is 6.20 Å². The Morgan fingerprint density at radius 1 is 1.30 bits per heavy atom. The van der Waals surface area contributed by atoms with Crippen molar-refractivity contribution in [3.63, 3.8) is 0 Å². The molecule has 20 heavy (non-hydrogen) atoms. The van der Waals surface area contributed by atoms with Crippen LogP contribution in [0.5, 0.6) is 5.88 Å². The van der Waals surface area contributed by atoms with Crippen LogP contribution in [0, 0.1) is 0 Å². The molecule has 1 heterocycles. The summed E-state index contributed by atoms with van der Waals surface area (Å²) in [5.74, 6) is 0.260. The predicted octanol–water partition coefficient (Wildman–Crippen LogP) is 2.31. The highest BCUT2D eigenvalue weighted by atomic mass is 16.5. The molecule has 0 unspecified atom stereocenters. The first-order valence-electron chi connectivity index (χ1n) is 6.87. The number of carbonyl (C=O) groups is 1. The number of hydrogen-bond acceptors (Lipinski definition) is 4. The van der Waals surface area contributed by atoms with Gasteiger partial charge in [-0.25, -0.2) is 0 Å². The van der Waals surface area contributed by atoms with Gasteiger partial charge in [0, 0.05) is 16.8 Å². The molecule has 0 aliphatic rings. The summed E-state index contributed by atoms with van der Waals surface area (Å²) in [6.45, 7) is 4.05. The molecule has 0 aliphatic carbocycles. The van der Waals surface area contributed by atoms with E-state index in [0.29, 0.717) is 5.88 Å². The van der Waals surface area contributed by atoms with Gasteiger partial charge in [0.1, 0.15) is 0 Å². The summed E-state index contributed by atoms with van der Waals surface area (Å²) in [7, 11) is 0. The molecule has 1 aromatic heterocycles. The Kier molecular flexibility index (Phi) is 4.87. The number of rotatable bonds is 6. The van der Waals surface area contributed by atoms with Crippen LogP contribution in [-0.4, -0.2) is 28.8 Å². The van der Waals surface area contributed by atoms with Gasteiger partial charge in [0.2, 0.25) is 5.88 Å². The van der Waals surface area contributed by atoms with E-state index >= 15 is 0 Å². The summed E-state index contributed by atoms with van der Waals surface area (Å²) in [5.41, 5.74) is 0. The summed E-state index contributed by atoms with van der Waals surface area (Å²) in [6, 6.07) is 7.86. The van der Waals surface area contributed by atoms with Crippen LogP contribution in [0.25, 0.3) is 10.8 Å². The standard InChI is InChI=1S/C15H19N3O2/c1-3-12(4-2)17-14(19)10-20-15-13-8-6-5-7-11(13)9-16-18-15/h5-9,12H,3-4,10H2,1-2H3,(H,17,19). The molecule has 1 aromatic carbocycles. The fraction of sp³-hybridized carbons (Fsp3) is 0.400. The smallest absolute Gasteiger partial charge is 0.258 e. The molecule has 0 spiro atoms. The second-order valence-corrected chi connectivity index (χ2v) is 4.61. The molecule has 1 amide bonds. The molecule has 0 bridgehead atoms. The van der Waals surface area contributed by atoms with Crippen LogP contribution in [0.2, 0.25) is 0 Å².